The molecule has 15 heavy (non-hydrogen) atoms. The van der Waals surface area contributed by atoms with E-state index in [2.05, 4.69) is 37.6 Å². The average Bonchev–Trinajstić information content (AvgIpc) is 3.02. The van der Waals surface area contributed by atoms with Crippen LogP contribution in [0.4, 0.5) is 0 Å². The zero-order valence-electron chi connectivity index (χ0n) is 9.46. The zero-order valence-corrected chi connectivity index (χ0v) is 9.46. The van der Waals surface area contributed by atoms with Gasteiger partial charge in [-0.15, -0.1) is 0 Å². The molecule has 1 nitrogen and oxygen atoms in total. The normalized spacial score (nSPS) is 18.3. The molecule has 1 aromatic carbocycles. The summed E-state index contributed by atoms with van der Waals surface area (Å²) in [4.78, 5) is 4.51. The van der Waals surface area contributed by atoms with E-state index in [1.54, 1.807) is 0 Å². The first kappa shape index (κ1) is 10.2. The Balaban J connectivity index is 2.35. The van der Waals surface area contributed by atoms with E-state index >= 15 is 0 Å². The second-order valence-corrected chi connectivity index (χ2v) is 4.38. The first-order valence-electron chi connectivity index (χ1n) is 5.47. The van der Waals surface area contributed by atoms with Crippen LogP contribution in [-0.4, -0.2) is 5.71 Å². The number of rotatable bonds is 2. The monoisotopic (exact) mass is 199 g/mol. The summed E-state index contributed by atoms with van der Waals surface area (Å²) < 4.78 is 0. The predicted molar refractivity (Wildman–Crippen MR) is 66.2 cm³/mol. The van der Waals surface area contributed by atoms with E-state index in [4.69, 9.17) is 0 Å². The molecule has 0 spiro atoms. The van der Waals surface area contributed by atoms with Gasteiger partial charge in [0.05, 0.1) is 0 Å². The Bertz CT molecular complexity index is 493. The van der Waals surface area contributed by atoms with Gasteiger partial charge < -0.3 is 0 Å². The van der Waals surface area contributed by atoms with Crippen molar-refractivity contribution in [1.29, 1.82) is 0 Å². The van der Waals surface area contributed by atoms with Crippen molar-refractivity contribution >= 4 is 18.5 Å². The molecular weight excluding hydrogens is 182 g/mol. The fourth-order valence-corrected chi connectivity index (χ4v) is 1.61. The van der Waals surface area contributed by atoms with Crippen molar-refractivity contribution in [2.24, 2.45) is 10.9 Å². The summed E-state index contributed by atoms with van der Waals surface area (Å²) >= 11 is 0. The standard InChI is InChI=1S/C14H17N/c1-10-4-5-11(2)14(8-10)9-15-12(3)13-6-7-13/h4-5,8-9,13H,2,6-7H2,1,3H3/b14-9-,15-12?. The van der Waals surface area contributed by atoms with Gasteiger partial charge in [0.15, 0.2) is 0 Å². The maximum absolute atomic E-state index is 4.51. The molecule has 1 aromatic rings. The fraction of sp³-hybridized carbons (Fsp3) is 0.357. The smallest absolute Gasteiger partial charge is 0.0345 e. The van der Waals surface area contributed by atoms with Crippen molar-refractivity contribution < 1.29 is 0 Å². The maximum atomic E-state index is 4.51. The number of nitrogens with zero attached hydrogens (tertiary/aromatic N) is 1. The largest absolute Gasteiger partial charge is 0.265 e. The lowest BCUT2D eigenvalue weighted by Crippen LogP contribution is -2.22. The molecule has 2 rings (SSSR count). The van der Waals surface area contributed by atoms with Crippen LogP contribution in [0, 0.1) is 12.8 Å². The van der Waals surface area contributed by atoms with Gasteiger partial charge in [0.2, 0.25) is 0 Å². The third-order valence-corrected chi connectivity index (χ3v) is 2.88. The van der Waals surface area contributed by atoms with Gasteiger partial charge in [-0.3, -0.25) is 4.99 Å². The predicted octanol–water partition coefficient (Wildman–Crippen LogP) is 2.01. The van der Waals surface area contributed by atoms with Crippen molar-refractivity contribution in [3.63, 3.8) is 0 Å². The summed E-state index contributed by atoms with van der Waals surface area (Å²) in [6, 6.07) is 6.26. The van der Waals surface area contributed by atoms with Crippen LogP contribution in [0.5, 0.6) is 0 Å². The molecule has 0 bridgehead atoms. The number of benzene rings is 1. The minimum Gasteiger partial charge on any atom is -0.265 e. The molecule has 1 aliphatic rings. The van der Waals surface area contributed by atoms with E-state index in [0.717, 1.165) is 16.4 Å². The molecule has 1 heteroatoms. The second kappa shape index (κ2) is 4.01. The minimum absolute atomic E-state index is 0.749. The van der Waals surface area contributed by atoms with Gasteiger partial charge in [-0.25, -0.2) is 0 Å². The van der Waals surface area contributed by atoms with Crippen molar-refractivity contribution in [3.05, 3.63) is 34.2 Å². The number of aryl methyl sites for hydroxylation is 1. The SMILES string of the molecule is C=c1ccc(C)c/c1=C/N=C(C)C1CC1. The Hall–Kier alpha value is -1.37. The Kier molecular flexibility index (Phi) is 2.72. The molecular formula is C14H17N. The Morgan fingerprint density at radius 3 is 2.87 bits per heavy atom. The third kappa shape index (κ3) is 2.56. The highest BCUT2D eigenvalue weighted by Gasteiger charge is 2.23. The van der Waals surface area contributed by atoms with Crippen molar-refractivity contribution in [2.75, 3.05) is 0 Å². The van der Waals surface area contributed by atoms with Crippen LogP contribution < -0.4 is 10.4 Å². The van der Waals surface area contributed by atoms with E-state index in [9.17, 15) is 0 Å². The molecule has 0 unspecified atom stereocenters. The number of hydrogen-bond acceptors (Lipinski definition) is 1. The highest BCUT2D eigenvalue weighted by Crippen LogP contribution is 2.30. The van der Waals surface area contributed by atoms with E-state index in [0.29, 0.717) is 0 Å². The molecule has 1 fully saturated rings. The van der Waals surface area contributed by atoms with Crippen molar-refractivity contribution in [3.8, 4) is 0 Å². The van der Waals surface area contributed by atoms with Crippen LogP contribution in [0.2, 0.25) is 0 Å². The summed E-state index contributed by atoms with van der Waals surface area (Å²) in [6.45, 7) is 8.21. The van der Waals surface area contributed by atoms with Crippen LogP contribution in [0.1, 0.15) is 25.3 Å². The van der Waals surface area contributed by atoms with Gasteiger partial charge >= 0.3 is 0 Å². The Morgan fingerprint density at radius 2 is 2.20 bits per heavy atom. The van der Waals surface area contributed by atoms with E-state index in [1.807, 2.05) is 12.3 Å². The maximum Gasteiger partial charge on any atom is 0.0345 e. The van der Waals surface area contributed by atoms with Crippen LogP contribution in [-0.2, 0) is 0 Å². The van der Waals surface area contributed by atoms with Crippen LogP contribution in [0.3, 0.4) is 0 Å². The summed E-state index contributed by atoms with van der Waals surface area (Å²) in [5, 5.41) is 2.18. The molecule has 0 radical (unpaired) electrons. The first-order valence-corrected chi connectivity index (χ1v) is 5.47. The topological polar surface area (TPSA) is 12.4 Å². The van der Waals surface area contributed by atoms with Gasteiger partial charge in [-0.2, -0.15) is 0 Å². The molecule has 0 aromatic heterocycles. The molecule has 1 aliphatic carbocycles. The molecule has 78 valence electrons. The quantitative estimate of drug-likeness (QED) is 0.646. The third-order valence-electron chi connectivity index (χ3n) is 2.88. The average molecular weight is 199 g/mol. The lowest BCUT2D eigenvalue weighted by atomic mass is 10.2. The van der Waals surface area contributed by atoms with Crippen LogP contribution in [0.25, 0.3) is 12.8 Å². The Morgan fingerprint density at radius 1 is 1.47 bits per heavy atom. The van der Waals surface area contributed by atoms with E-state index in [1.165, 1.54) is 24.1 Å². The van der Waals surface area contributed by atoms with Gasteiger partial charge in [0.25, 0.3) is 0 Å². The second-order valence-electron chi connectivity index (χ2n) is 4.38. The molecule has 0 heterocycles. The van der Waals surface area contributed by atoms with Gasteiger partial charge in [0.1, 0.15) is 0 Å². The fourth-order valence-electron chi connectivity index (χ4n) is 1.61. The molecule has 0 saturated heterocycles. The molecule has 0 atom stereocenters. The van der Waals surface area contributed by atoms with Crippen molar-refractivity contribution in [1.82, 2.24) is 0 Å². The lowest BCUT2D eigenvalue weighted by molar-refractivity contribution is 1.18. The van der Waals surface area contributed by atoms with Gasteiger partial charge in [-0.05, 0) is 49.1 Å². The summed E-state index contributed by atoms with van der Waals surface area (Å²) in [5.74, 6) is 0.749. The van der Waals surface area contributed by atoms with Gasteiger partial charge in [0, 0.05) is 11.9 Å². The van der Waals surface area contributed by atoms with Crippen LogP contribution in [0.15, 0.2) is 23.2 Å². The van der Waals surface area contributed by atoms with E-state index in [-0.39, 0.29) is 0 Å². The molecule has 0 amide bonds. The van der Waals surface area contributed by atoms with Crippen LogP contribution >= 0.6 is 0 Å². The Labute approximate surface area is 90.9 Å². The van der Waals surface area contributed by atoms with E-state index < -0.39 is 0 Å². The van der Waals surface area contributed by atoms with Gasteiger partial charge in [-0.1, -0.05) is 24.3 Å². The molecule has 0 aliphatic heterocycles. The summed E-state index contributed by atoms with van der Waals surface area (Å²) in [5.41, 5.74) is 2.52. The number of hydrogen-bond donors (Lipinski definition) is 0. The molecule has 1 saturated carbocycles. The minimum atomic E-state index is 0.749. The summed E-state index contributed by atoms with van der Waals surface area (Å²) in [6.07, 6.45) is 4.57. The molecule has 0 N–H and O–H groups in total. The van der Waals surface area contributed by atoms with Crippen molar-refractivity contribution in [2.45, 2.75) is 26.7 Å². The highest BCUT2D eigenvalue weighted by atomic mass is 14.7. The zero-order chi connectivity index (χ0) is 10.8. The first-order chi connectivity index (χ1) is 7.16. The highest BCUT2D eigenvalue weighted by molar-refractivity contribution is 5.88. The lowest BCUT2D eigenvalue weighted by Gasteiger charge is -1.94. The number of aliphatic imine (C=N–C) groups is 1. The summed E-state index contributed by atoms with van der Waals surface area (Å²) in [7, 11) is 0.